The second-order valence-corrected chi connectivity index (χ2v) is 5.75. The number of aromatic nitrogens is 1. The number of esters is 1. The van der Waals surface area contributed by atoms with Crippen molar-refractivity contribution in [3.8, 4) is 5.75 Å². The number of benzene rings is 1. The number of fused-ring (bicyclic) bond motifs is 1. The molecule has 1 atom stereocenters. The number of anilines is 1. The minimum absolute atomic E-state index is 0.0569. The first-order chi connectivity index (χ1) is 12.1. The highest BCUT2D eigenvalue weighted by atomic mass is 16.5. The van der Waals surface area contributed by atoms with Gasteiger partial charge in [0.25, 0.3) is 0 Å². The molecular formula is C19H20N2O4. The van der Waals surface area contributed by atoms with Crippen molar-refractivity contribution >= 4 is 17.6 Å². The second kappa shape index (κ2) is 7.34. The molecule has 0 aliphatic carbocycles. The summed E-state index contributed by atoms with van der Waals surface area (Å²) >= 11 is 0. The van der Waals surface area contributed by atoms with Crippen molar-refractivity contribution in [2.24, 2.45) is 0 Å². The lowest BCUT2D eigenvalue weighted by molar-refractivity contribution is -0.120. The summed E-state index contributed by atoms with van der Waals surface area (Å²) in [7, 11) is 0. The molecule has 1 aliphatic heterocycles. The molecule has 130 valence electrons. The van der Waals surface area contributed by atoms with Crippen LogP contribution in [0.25, 0.3) is 0 Å². The van der Waals surface area contributed by atoms with Crippen molar-refractivity contribution in [2.45, 2.75) is 19.8 Å². The number of pyridine rings is 1. The summed E-state index contributed by atoms with van der Waals surface area (Å²) in [4.78, 5) is 30.7. The number of carbonyl (C=O) groups excluding carboxylic acids is 2. The molecule has 6 nitrogen and oxygen atoms in total. The van der Waals surface area contributed by atoms with Crippen LogP contribution in [0, 0.1) is 0 Å². The van der Waals surface area contributed by atoms with Gasteiger partial charge in [0.1, 0.15) is 12.4 Å². The topological polar surface area (TPSA) is 68.7 Å². The Morgan fingerprint density at radius 1 is 1.36 bits per heavy atom. The zero-order chi connectivity index (χ0) is 17.8. The Morgan fingerprint density at radius 3 is 2.92 bits per heavy atom. The van der Waals surface area contributed by atoms with Gasteiger partial charge < -0.3 is 14.4 Å². The zero-order valence-corrected chi connectivity index (χ0v) is 14.3. The van der Waals surface area contributed by atoms with Gasteiger partial charge in [0, 0.05) is 12.4 Å². The van der Waals surface area contributed by atoms with Gasteiger partial charge in [-0.05, 0) is 43.7 Å². The average Bonchev–Trinajstić information content (AvgIpc) is 2.66. The van der Waals surface area contributed by atoms with E-state index in [1.54, 1.807) is 42.4 Å². The predicted molar refractivity (Wildman–Crippen MR) is 92.9 cm³/mol. The van der Waals surface area contributed by atoms with Gasteiger partial charge in [-0.25, -0.2) is 4.79 Å². The molecule has 0 radical (unpaired) electrons. The highest BCUT2D eigenvalue weighted by Crippen LogP contribution is 2.34. The van der Waals surface area contributed by atoms with E-state index in [4.69, 9.17) is 9.47 Å². The standard InChI is InChI=1S/C19H20N2O4/c1-3-24-19(23)14-6-7-17-16(11-14)21(9-10-25-17)18(22)13(2)15-5-4-8-20-12-15/h4-8,11-13H,3,9-10H2,1-2H3/t13-/m0/s1. The fraction of sp³-hybridized carbons (Fsp3) is 0.316. The zero-order valence-electron chi connectivity index (χ0n) is 14.3. The molecule has 25 heavy (non-hydrogen) atoms. The lowest BCUT2D eigenvalue weighted by atomic mass is 10.0. The van der Waals surface area contributed by atoms with Gasteiger partial charge in [0.2, 0.25) is 5.91 Å². The van der Waals surface area contributed by atoms with E-state index >= 15 is 0 Å². The third kappa shape index (κ3) is 3.47. The molecule has 0 saturated carbocycles. The summed E-state index contributed by atoms with van der Waals surface area (Å²) in [5.41, 5.74) is 1.84. The highest BCUT2D eigenvalue weighted by Gasteiger charge is 2.29. The van der Waals surface area contributed by atoms with Crippen LogP contribution in [0.15, 0.2) is 42.7 Å². The fourth-order valence-electron chi connectivity index (χ4n) is 2.80. The van der Waals surface area contributed by atoms with Crippen LogP contribution >= 0.6 is 0 Å². The first-order valence-corrected chi connectivity index (χ1v) is 8.27. The van der Waals surface area contributed by atoms with E-state index in [0.717, 1.165) is 5.56 Å². The Bertz CT molecular complexity index is 776. The van der Waals surface area contributed by atoms with Crippen LogP contribution in [0.5, 0.6) is 5.75 Å². The lowest BCUT2D eigenvalue weighted by Gasteiger charge is -2.31. The van der Waals surface area contributed by atoms with Gasteiger partial charge in [0.15, 0.2) is 0 Å². The summed E-state index contributed by atoms with van der Waals surface area (Å²) < 4.78 is 10.7. The van der Waals surface area contributed by atoms with Gasteiger partial charge in [-0.1, -0.05) is 6.07 Å². The highest BCUT2D eigenvalue weighted by molar-refractivity contribution is 6.01. The molecule has 1 amide bonds. The Balaban J connectivity index is 1.91. The number of carbonyl (C=O) groups is 2. The molecule has 3 rings (SSSR count). The van der Waals surface area contributed by atoms with E-state index in [-0.39, 0.29) is 11.8 Å². The predicted octanol–water partition coefficient (Wildman–Crippen LogP) is 2.79. The Hall–Kier alpha value is -2.89. The van der Waals surface area contributed by atoms with E-state index in [0.29, 0.717) is 36.8 Å². The number of ether oxygens (including phenoxy) is 2. The quantitative estimate of drug-likeness (QED) is 0.801. The van der Waals surface area contributed by atoms with Crippen LogP contribution in [-0.4, -0.2) is 36.6 Å². The van der Waals surface area contributed by atoms with Crippen molar-refractivity contribution in [3.05, 3.63) is 53.9 Å². The maximum Gasteiger partial charge on any atom is 0.338 e. The van der Waals surface area contributed by atoms with Crippen LogP contribution < -0.4 is 9.64 Å². The van der Waals surface area contributed by atoms with Crippen molar-refractivity contribution in [1.29, 1.82) is 0 Å². The lowest BCUT2D eigenvalue weighted by Crippen LogP contribution is -2.40. The Kier molecular flexibility index (Phi) is 4.97. The van der Waals surface area contributed by atoms with E-state index in [1.165, 1.54) is 0 Å². The molecule has 2 heterocycles. The molecule has 1 aliphatic rings. The maximum atomic E-state index is 13.0. The van der Waals surface area contributed by atoms with Gasteiger partial charge in [-0.2, -0.15) is 0 Å². The second-order valence-electron chi connectivity index (χ2n) is 5.75. The molecule has 2 aromatic rings. The number of nitrogens with zero attached hydrogens (tertiary/aromatic N) is 2. The first kappa shape index (κ1) is 17.0. The molecule has 0 saturated heterocycles. The van der Waals surface area contributed by atoms with Crippen LogP contribution in [0.3, 0.4) is 0 Å². The van der Waals surface area contributed by atoms with Crippen molar-refractivity contribution in [1.82, 2.24) is 4.98 Å². The molecule has 1 aromatic carbocycles. The molecule has 0 bridgehead atoms. The van der Waals surface area contributed by atoms with E-state index in [1.807, 2.05) is 19.1 Å². The average molecular weight is 340 g/mol. The minimum Gasteiger partial charge on any atom is -0.490 e. The largest absolute Gasteiger partial charge is 0.490 e. The molecule has 0 unspecified atom stereocenters. The summed E-state index contributed by atoms with van der Waals surface area (Å²) in [5.74, 6) is -0.223. The maximum absolute atomic E-state index is 13.0. The third-order valence-electron chi connectivity index (χ3n) is 4.15. The molecule has 1 aromatic heterocycles. The van der Waals surface area contributed by atoms with Gasteiger partial charge in [0.05, 0.1) is 30.3 Å². The molecular weight excluding hydrogens is 320 g/mol. The van der Waals surface area contributed by atoms with E-state index in [9.17, 15) is 9.59 Å². The summed E-state index contributed by atoms with van der Waals surface area (Å²) in [6, 6.07) is 8.70. The van der Waals surface area contributed by atoms with Gasteiger partial charge in [-0.3, -0.25) is 9.78 Å². The smallest absolute Gasteiger partial charge is 0.338 e. The van der Waals surface area contributed by atoms with Gasteiger partial charge in [-0.15, -0.1) is 0 Å². The molecule has 6 heteroatoms. The molecule has 0 fully saturated rings. The van der Waals surface area contributed by atoms with Crippen LogP contribution in [0.1, 0.15) is 35.7 Å². The van der Waals surface area contributed by atoms with Crippen molar-refractivity contribution < 1.29 is 19.1 Å². The summed E-state index contributed by atoms with van der Waals surface area (Å²) in [5, 5.41) is 0. The number of rotatable bonds is 4. The molecule has 0 N–H and O–H groups in total. The van der Waals surface area contributed by atoms with Crippen molar-refractivity contribution in [2.75, 3.05) is 24.7 Å². The Morgan fingerprint density at radius 2 is 2.20 bits per heavy atom. The normalized spacial score (nSPS) is 14.2. The number of amides is 1. The minimum atomic E-state index is -0.413. The van der Waals surface area contributed by atoms with Crippen LogP contribution in [0.2, 0.25) is 0 Å². The summed E-state index contributed by atoms with van der Waals surface area (Å²) in [6.45, 7) is 4.75. The van der Waals surface area contributed by atoms with E-state index in [2.05, 4.69) is 4.98 Å². The number of hydrogen-bond acceptors (Lipinski definition) is 5. The van der Waals surface area contributed by atoms with E-state index < -0.39 is 5.97 Å². The monoisotopic (exact) mass is 340 g/mol. The number of hydrogen-bond donors (Lipinski definition) is 0. The fourth-order valence-corrected chi connectivity index (χ4v) is 2.80. The summed E-state index contributed by atoms with van der Waals surface area (Å²) in [6.07, 6.45) is 3.37. The van der Waals surface area contributed by atoms with Crippen LogP contribution in [-0.2, 0) is 9.53 Å². The van der Waals surface area contributed by atoms with Crippen molar-refractivity contribution in [3.63, 3.8) is 0 Å². The molecule has 0 spiro atoms. The first-order valence-electron chi connectivity index (χ1n) is 8.27. The van der Waals surface area contributed by atoms with Crippen LogP contribution in [0.4, 0.5) is 5.69 Å². The SMILES string of the molecule is CCOC(=O)c1ccc2c(c1)N(C(=O)[C@@H](C)c1cccnc1)CCO2. The Labute approximate surface area is 146 Å². The third-order valence-corrected chi connectivity index (χ3v) is 4.15. The van der Waals surface area contributed by atoms with Gasteiger partial charge >= 0.3 is 5.97 Å².